The van der Waals surface area contributed by atoms with Crippen LogP contribution < -0.4 is 0 Å². The minimum atomic E-state index is -0.989. The van der Waals surface area contributed by atoms with Crippen molar-refractivity contribution in [2.75, 3.05) is 0 Å². The fourth-order valence-electron chi connectivity index (χ4n) is 1.92. The number of nitrogens with zero attached hydrogens (tertiary/aromatic N) is 3. The van der Waals surface area contributed by atoms with Crippen LogP contribution >= 0.6 is 0 Å². The molecule has 0 radical (unpaired) electrons. The largest absolute Gasteiger partial charge is 0.478 e. The van der Waals surface area contributed by atoms with E-state index >= 15 is 0 Å². The molecule has 6 nitrogen and oxygen atoms in total. The van der Waals surface area contributed by atoms with E-state index in [0.29, 0.717) is 17.1 Å². The molecule has 0 bridgehead atoms. The quantitative estimate of drug-likeness (QED) is 0.778. The van der Waals surface area contributed by atoms with Gasteiger partial charge in [-0.25, -0.2) is 9.78 Å². The van der Waals surface area contributed by atoms with E-state index in [4.69, 9.17) is 9.52 Å². The van der Waals surface area contributed by atoms with Gasteiger partial charge in [-0.15, -0.1) is 0 Å². The predicted molar refractivity (Wildman–Crippen MR) is 67.5 cm³/mol. The Balaban J connectivity index is 2.14. The molecule has 19 heavy (non-hydrogen) atoms. The smallest absolute Gasteiger partial charge is 0.335 e. The predicted octanol–water partition coefficient (Wildman–Crippen LogP) is 2.27. The highest BCUT2D eigenvalue weighted by Gasteiger charge is 2.12. The first-order chi connectivity index (χ1) is 9.19. The lowest BCUT2D eigenvalue weighted by atomic mass is 10.2. The molecule has 1 aromatic carbocycles. The molecule has 0 unspecified atom stereocenters. The molecule has 0 spiro atoms. The fraction of sp³-hybridized carbons (Fsp3) is 0.154. The monoisotopic (exact) mass is 257 g/mol. The van der Waals surface area contributed by atoms with E-state index in [1.54, 1.807) is 23.0 Å². The molecule has 3 rings (SSSR count). The lowest BCUT2D eigenvalue weighted by Crippen LogP contribution is -1.98. The highest BCUT2D eigenvalue weighted by Crippen LogP contribution is 2.20. The summed E-state index contributed by atoms with van der Waals surface area (Å²) in [4.78, 5) is 19.4. The zero-order valence-electron chi connectivity index (χ0n) is 10.2. The molecule has 3 aromatic rings. The molecule has 0 aliphatic heterocycles. The van der Waals surface area contributed by atoms with E-state index in [0.717, 1.165) is 12.2 Å². The Labute approximate surface area is 108 Å². The second-order valence-electron chi connectivity index (χ2n) is 4.05. The summed E-state index contributed by atoms with van der Waals surface area (Å²) in [7, 11) is 0. The van der Waals surface area contributed by atoms with Gasteiger partial charge in [0.2, 0.25) is 0 Å². The number of fused-ring (bicyclic) bond motifs is 1. The summed E-state index contributed by atoms with van der Waals surface area (Å²) in [6.07, 6.45) is 4.20. The van der Waals surface area contributed by atoms with Crippen molar-refractivity contribution < 1.29 is 14.3 Å². The van der Waals surface area contributed by atoms with E-state index in [1.807, 2.05) is 6.92 Å². The van der Waals surface area contributed by atoms with Gasteiger partial charge >= 0.3 is 12.0 Å². The van der Waals surface area contributed by atoms with E-state index in [-0.39, 0.29) is 5.56 Å². The second-order valence-corrected chi connectivity index (χ2v) is 4.05. The normalized spacial score (nSPS) is 11.0. The third-order valence-electron chi connectivity index (χ3n) is 2.86. The lowest BCUT2D eigenvalue weighted by molar-refractivity contribution is 0.0697. The molecule has 0 fully saturated rings. The third-order valence-corrected chi connectivity index (χ3v) is 2.86. The Morgan fingerprint density at radius 2 is 2.32 bits per heavy atom. The fourth-order valence-corrected chi connectivity index (χ4v) is 1.92. The maximum atomic E-state index is 10.9. The van der Waals surface area contributed by atoms with Gasteiger partial charge in [0.1, 0.15) is 11.3 Å². The van der Waals surface area contributed by atoms with Crippen molar-refractivity contribution in [1.82, 2.24) is 14.5 Å². The zero-order chi connectivity index (χ0) is 13.4. The van der Waals surface area contributed by atoms with Gasteiger partial charge < -0.3 is 9.52 Å². The van der Waals surface area contributed by atoms with Crippen LogP contribution in [0.2, 0.25) is 0 Å². The Hall–Kier alpha value is -2.63. The van der Waals surface area contributed by atoms with Crippen molar-refractivity contribution in [2.45, 2.75) is 13.3 Å². The number of carboxylic acid groups (broad SMARTS) is 1. The molecule has 96 valence electrons. The number of carbonyl (C=O) groups is 1. The first-order valence-corrected chi connectivity index (χ1v) is 5.85. The summed E-state index contributed by atoms with van der Waals surface area (Å²) < 4.78 is 7.34. The first kappa shape index (κ1) is 11.5. The third kappa shape index (κ3) is 1.87. The summed E-state index contributed by atoms with van der Waals surface area (Å²) in [6, 6.07) is 5.00. The number of imidazole rings is 1. The molecule has 0 amide bonds. The number of aromatic carboxylic acids is 1. The summed E-state index contributed by atoms with van der Waals surface area (Å²) in [6.45, 7) is 1.99. The van der Waals surface area contributed by atoms with Crippen molar-refractivity contribution in [2.24, 2.45) is 0 Å². The van der Waals surface area contributed by atoms with Gasteiger partial charge in [0.25, 0.3) is 0 Å². The van der Waals surface area contributed by atoms with Crippen molar-refractivity contribution in [3.63, 3.8) is 0 Å². The van der Waals surface area contributed by atoms with E-state index in [2.05, 4.69) is 9.97 Å². The standard InChI is InChI=1S/C13H11N3O3/c1-2-11-14-5-6-16(11)13-15-9-4-3-8(12(17)18)7-10(9)19-13/h3-7H,2H2,1H3,(H,17,18). The van der Waals surface area contributed by atoms with E-state index in [1.165, 1.54) is 12.1 Å². The Morgan fingerprint density at radius 1 is 1.47 bits per heavy atom. The number of hydrogen-bond acceptors (Lipinski definition) is 4. The van der Waals surface area contributed by atoms with Crippen molar-refractivity contribution >= 4 is 17.1 Å². The minimum Gasteiger partial charge on any atom is -0.478 e. The van der Waals surface area contributed by atoms with Crippen molar-refractivity contribution in [1.29, 1.82) is 0 Å². The highest BCUT2D eigenvalue weighted by atomic mass is 16.4. The van der Waals surface area contributed by atoms with Crippen LogP contribution in [0.1, 0.15) is 23.1 Å². The summed E-state index contributed by atoms with van der Waals surface area (Å²) in [5, 5.41) is 8.94. The van der Waals surface area contributed by atoms with Gasteiger partial charge in [0, 0.05) is 18.8 Å². The molecule has 2 aromatic heterocycles. The van der Waals surface area contributed by atoms with Gasteiger partial charge in [-0.3, -0.25) is 4.57 Å². The molecular weight excluding hydrogens is 246 g/mol. The van der Waals surface area contributed by atoms with Gasteiger partial charge in [0.05, 0.1) is 5.56 Å². The van der Waals surface area contributed by atoms with Gasteiger partial charge in [-0.1, -0.05) is 6.92 Å². The number of aryl methyl sites for hydroxylation is 1. The molecule has 0 saturated carbocycles. The summed E-state index contributed by atoms with van der Waals surface area (Å²) in [5.74, 6) is -0.151. The molecule has 0 saturated heterocycles. The van der Waals surface area contributed by atoms with Crippen molar-refractivity contribution in [3.05, 3.63) is 42.0 Å². The number of oxazole rings is 1. The Morgan fingerprint density at radius 3 is 3.05 bits per heavy atom. The van der Waals surface area contributed by atoms with Crippen LogP contribution in [0.3, 0.4) is 0 Å². The van der Waals surface area contributed by atoms with Gasteiger partial charge in [0.15, 0.2) is 5.58 Å². The first-order valence-electron chi connectivity index (χ1n) is 5.85. The second kappa shape index (κ2) is 4.24. The number of hydrogen-bond donors (Lipinski definition) is 1. The van der Waals surface area contributed by atoms with Gasteiger partial charge in [-0.05, 0) is 18.2 Å². The molecule has 6 heteroatoms. The van der Waals surface area contributed by atoms with Crippen LogP contribution in [0, 0.1) is 0 Å². The number of rotatable bonds is 3. The summed E-state index contributed by atoms with van der Waals surface area (Å²) in [5.41, 5.74) is 1.25. The Bertz CT molecular complexity index is 757. The number of carboxylic acids is 1. The van der Waals surface area contributed by atoms with Crippen LogP contribution in [0.15, 0.2) is 35.0 Å². The zero-order valence-corrected chi connectivity index (χ0v) is 10.2. The summed E-state index contributed by atoms with van der Waals surface area (Å²) >= 11 is 0. The van der Waals surface area contributed by atoms with Crippen LogP contribution in [-0.2, 0) is 6.42 Å². The topological polar surface area (TPSA) is 81.2 Å². The maximum Gasteiger partial charge on any atom is 0.335 e. The van der Waals surface area contributed by atoms with Crippen LogP contribution in [0.25, 0.3) is 17.1 Å². The molecule has 0 aliphatic rings. The molecule has 1 N–H and O–H groups in total. The minimum absolute atomic E-state index is 0.177. The number of benzene rings is 1. The van der Waals surface area contributed by atoms with Crippen LogP contribution in [-0.4, -0.2) is 25.6 Å². The lowest BCUT2D eigenvalue weighted by Gasteiger charge is -1.98. The Kier molecular flexibility index (Phi) is 2.56. The number of aromatic nitrogens is 3. The average Bonchev–Trinajstić information content (AvgIpc) is 3.03. The SMILES string of the molecule is CCc1nccn1-c1nc2ccc(C(=O)O)cc2o1. The maximum absolute atomic E-state index is 10.9. The highest BCUT2D eigenvalue weighted by molar-refractivity contribution is 5.91. The van der Waals surface area contributed by atoms with Crippen LogP contribution in [0.5, 0.6) is 0 Å². The van der Waals surface area contributed by atoms with E-state index in [9.17, 15) is 4.79 Å². The molecule has 2 heterocycles. The molecule has 0 atom stereocenters. The van der Waals surface area contributed by atoms with Crippen LogP contribution in [0.4, 0.5) is 0 Å². The molecule has 0 aliphatic carbocycles. The molecular formula is C13H11N3O3. The van der Waals surface area contributed by atoms with Gasteiger partial charge in [-0.2, -0.15) is 4.98 Å². The average molecular weight is 257 g/mol. The van der Waals surface area contributed by atoms with Crippen molar-refractivity contribution in [3.8, 4) is 6.01 Å². The van der Waals surface area contributed by atoms with E-state index < -0.39 is 5.97 Å².